The zero-order valence-electron chi connectivity index (χ0n) is 12.4. The Morgan fingerprint density at radius 2 is 2.00 bits per heavy atom. The molecule has 0 spiro atoms. The van der Waals surface area contributed by atoms with Gasteiger partial charge in [0.2, 0.25) is 0 Å². The molecular weight excluding hydrogens is 262 g/mol. The first-order chi connectivity index (χ1) is 10.1. The molecule has 0 bridgehead atoms. The first-order valence-electron chi connectivity index (χ1n) is 7.68. The van der Waals surface area contributed by atoms with Gasteiger partial charge in [-0.05, 0) is 55.9 Å². The number of hydrogen-bond acceptors (Lipinski definition) is 3. The summed E-state index contributed by atoms with van der Waals surface area (Å²) in [5.74, 6) is 0. The average Bonchev–Trinajstić information content (AvgIpc) is 2.48. The van der Waals surface area contributed by atoms with Crippen molar-refractivity contribution in [1.82, 2.24) is 0 Å². The second-order valence-corrected chi connectivity index (χ2v) is 6.20. The van der Waals surface area contributed by atoms with Crippen LogP contribution in [0, 0.1) is 0 Å². The van der Waals surface area contributed by atoms with Gasteiger partial charge in [0.1, 0.15) is 5.58 Å². The Labute approximate surface area is 123 Å². The molecule has 0 fully saturated rings. The van der Waals surface area contributed by atoms with Gasteiger partial charge < -0.3 is 9.32 Å². The van der Waals surface area contributed by atoms with Crippen molar-refractivity contribution in [1.29, 1.82) is 0 Å². The molecule has 1 aromatic heterocycles. The van der Waals surface area contributed by atoms with Crippen LogP contribution in [0.5, 0.6) is 0 Å². The molecule has 0 aliphatic carbocycles. The Bertz CT molecular complexity index is 814. The first-order valence-corrected chi connectivity index (χ1v) is 7.68. The van der Waals surface area contributed by atoms with Crippen molar-refractivity contribution in [2.45, 2.75) is 32.6 Å². The zero-order chi connectivity index (χ0) is 14.6. The molecule has 0 atom stereocenters. The SMILES string of the molecule is C=C(C)c1cc2cc3c4c(c2oc1=O)CCCN4CCC3. The molecule has 0 saturated carbocycles. The molecular formula is C18H19NO2. The average molecular weight is 281 g/mol. The molecule has 2 aliphatic rings. The van der Waals surface area contributed by atoms with E-state index in [-0.39, 0.29) is 5.63 Å². The maximum Gasteiger partial charge on any atom is 0.343 e. The Morgan fingerprint density at radius 1 is 1.24 bits per heavy atom. The summed E-state index contributed by atoms with van der Waals surface area (Å²) in [6.07, 6.45) is 4.47. The molecule has 3 heterocycles. The van der Waals surface area contributed by atoms with Crippen LogP contribution in [-0.2, 0) is 12.8 Å². The summed E-state index contributed by atoms with van der Waals surface area (Å²) < 4.78 is 5.68. The van der Waals surface area contributed by atoms with Gasteiger partial charge in [0.15, 0.2) is 0 Å². The molecule has 1 aromatic carbocycles. The quantitative estimate of drug-likeness (QED) is 0.750. The Morgan fingerprint density at radius 3 is 2.76 bits per heavy atom. The lowest BCUT2D eigenvalue weighted by Crippen LogP contribution is -2.34. The van der Waals surface area contributed by atoms with Gasteiger partial charge in [0.05, 0.1) is 5.56 Å². The molecule has 3 heteroatoms. The van der Waals surface area contributed by atoms with Crippen LogP contribution >= 0.6 is 0 Å². The maximum atomic E-state index is 12.2. The number of benzene rings is 1. The van der Waals surface area contributed by atoms with E-state index in [0.717, 1.165) is 48.9 Å². The van der Waals surface area contributed by atoms with E-state index in [9.17, 15) is 4.79 Å². The molecule has 0 amide bonds. The molecule has 2 aliphatic heterocycles. The van der Waals surface area contributed by atoms with E-state index in [1.165, 1.54) is 23.2 Å². The third-order valence-electron chi connectivity index (χ3n) is 4.68. The van der Waals surface area contributed by atoms with Gasteiger partial charge >= 0.3 is 5.63 Å². The summed E-state index contributed by atoms with van der Waals surface area (Å²) >= 11 is 0. The van der Waals surface area contributed by atoms with Gasteiger partial charge in [-0.1, -0.05) is 6.58 Å². The summed E-state index contributed by atoms with van der Waals surface area (Å²) in [6, 6.07) is 4.16. The molecule has 3 nitrogen and oxygen atoms in total. The second-order valence-electron chi connectivity index (χ2n) is 6.20. The van der Waals surface area contributed by atoms with Crippen LogP contribution in [0.15, 0.2) is 27.9 Å². The van der Waals surface area contributed by atoms with E-state index in [4.69, 9.17) is 4.42 Å². The topological polar surface area (TPSA) is 33.5 Å². The number of aryl methyl sites for hydroxylation is 2. The van der Waals surface area contributed by atoms with Crippen molar-refractivity contribution in [2.24, 2.45) is 0 Å². The minimum absolute atomic E-state index is 0.265. The van der Waals surface area contributed by atoms with Crippen LogP contribution in [0.3, 0.4) is 0 Å². The monoisotopic (exact) mass is 281 g/mol. The van der Waals surface area contributed by atoms with Crippen molar-refractivity contribution in [2.75, 3.05) is 18.0 Å². The largest absolute Gasteiger partial charge is 0.422 e. The third-order valence-corrected chi connectivity index (χ3v) is 4.68. The third kappa shape index (κ3) is 1.84. The number of fused-ring (bicyclic) bond motifs is 2. The molecule has 0 N–H and O–H groups in total. The smallest absolute Gasteiger partial charge is 0.343 e. The van der Waals surface area contributed by atoms with E-state index < -0.39 is 0 Å². The van der Waals surface area contributed by atoms with Crippen LogP contribution in [0.4, 0.5) is 5.69 Å². The molecule has 0 radical (unpaired) electrons. The highest BCUT2D eigenvalue weighted by molar-refractivity contribution is 5.90. The van der Waals surface area contributed by atoms with E-state index in [1.54, 1.807) is 0 Å². The first kappa shape index (κ1) is 12.7. The zero-order valence-corrected chi connectivity index (χ0v) is 12.4. The molecule has 21 heavy (non-hydrogen) atoms. The minimum Gasteiger partial charge on any atom is -0.422 e. The van der Waals surface area contributed by atoms with Crippen molar-refractivity contribution < 1.29 is 4.42 Å². The normalized spacial score (nSPS) is 16.9. The van der Waals surface area contributed by atoms with E-state index in [0.29, 0.717) is 5.56 Å². The van der Waals surface area contributed by atoms with Gasteiger partial charge in [-0.2, -0.15) is 0 Å². The lowest BCUT2D eigenvalue weighted by Gasteiger charge is -2.37. The number of nitrogens with zero attached hydrogens (tertiary/aromatic N) is 1. The van der Waals surface area contributed by atoms with Gasteiger partial charge in [0, 0.05) is 29.7 Å². The Kier molecular flexibility index (Phi) is 2.71. The van der Waals surface area contributed by atoms with Gasteiger partial charge in [-0.25, -0.2) is 4.79 Å². The molecule has 0 unspecified atom stereocenters. The van der Waals surface area contributed by atoms with Crippen molar-refractivity contribution in [3.05, 3.63) is 45.8 Å². The molecule has 108 valence electrons. The van der Waals surface area contributed by atoms with Crippen molar-refractivity contribution >= 4 is 22.2 Å². The highest BCUT2D eigenvalue weighted by Gasteiger charge is 2.27. The predicted molar refractivity (Wildman–Crippen MR) is 86.0 cm³/mol. The number of anilines is 1. The van der Waals surface area contributed by atoms with E-state index in [1.807, 2.05) is 13.0 Å². The van der Waals surface area contributed by atoms with Gasteiger partial charge in [-0.3, -0.25) is 0 Å². The number of rotatable bonds is 1. The van der Waals surface area contributed by atoms with Crippen molar-refractivity contribution in [3.63, 3.8) is 0 Å². The minimum atomic E-state index is -0.265. The number of hydrogen-bond donors (Lipinski definition) is 0. The fourth-order valence-electron chi connectivity index (χ4n) is 3.74. The van der Waals surface area contributed by atoms with Crippen LogP contribution in [0.25, 0.3) is 16.5 Å². The van der Waals surface area contributed by atoms with E-state index >= 15 is 0 Å². The molecule has 2 aromatic rings. The van der Waals surface area contributed by atoms with Crippen molar-refractivity contribution in [3.8, 4) is 0 Å². The highest BCUT2D eigenvalue weighted by Crippen LogP contribution is 2.39. The van der Waals surface area contributed by atoms with Crippen LogP contribution in [0.2, 0.25) is 0 Å². The summed E-state index contributed by atoms with van der Waals surface area (Å²) in [7, 11) is 0. The Balaban J connectivity index is 2.08. The van der Waals surface area contributed by atoms with Crippen LogP contribution in [-0.4, -0.2) is 13.1 Å². The Hall–Kier alpha value is -2.03. The highest BCUT2D eigenvalue weighted by atomic mass is 16.4. The van der Waals surface area contributed by atoms with Crippen LogP contribution < -0.4 is 10.5 Å². The standard InChI is InChI=1S/C18H19NO2/c1-11(2)15-10-13-9-12-5-3-7-19-8-4-6-14(16(12)19)17(13)21-18(15)20/h9-10H,1,3-8H2,2H3. The van der Waals surface area contributed by atoms with E-state index in [2.05, 4.69) is 17.5 Å². The maximum absolute atomic E-state index is 12.2. The predicted octanol–water partition coefficient (Wildman–Crippen LogP) is 3.52. The molecule has 0 saturated heterocycles. The second kappa shape index (κ2) is 4.48. The number of allylic oxidation sites excluding steroid dienone is 1. The van der Waals surface area contributed by atoms with Crippen LogP contribution in [0.1, 0.15) is 36.5 Å². The van der Waals surface area contributed by atoms with Gasteiger partial charge in [-0.15, -0.1) is 0 Å². The fourth-order valence-corrected chi connectivity index (χ4v) is 3.74. The lowest BCUT2D eigenvalue weighted by atomic mass is 9.90. The lowest BCUT2D eigenvalue weighted by molar-refractivity contribution is 0.547. The molecule has 4 rings (SSSR count). The summed E-state index contributed by atoms with van der Waals surface area (Å²) in [5, 5.41) is 1.05. The summed E-state index contributed by atoms with van der Waals surface area (Å²) in [5.41, 5.74) is 5.86. The fraction of sp³-hybridized carbons (Fsp3) is 0.389. The summed E-state index contributed by atoms with van der Waals surface area (Å²) in [6.45, 7) is 7.98. The summed E-state index contributed by atoms with van der Waals surface area (Å²) in [4.78, 5) is 14.6. The van der Waals surface area contributed by atoms with Gasteiger partial charge in [0.25, 0.3) is 0 Å².